The second-order valence-electron chi connectivity index (χ2n) is 6.87. The molecule has 4 rings (SSSR count). The van der Waals surface area contributed by atoms with Crippen molar-refractivity contribution in [1.82, 2.24) is 4.90 Å². The maximum atomic E-state index is 13.1. The highest BCUT2D eigenvalue weighted by atomic mass is 32.2. The number of ether oxygens (including phenoxy) is 1. The molecule has 1 aliphatic rings. The summed E-state index contributed by atoms with van der Waals surface area (Å²) in [4.78, 5) is 14.9. The number of carbonyl (C=O) groups excluding carboxylic acids is 1. The van der Waals surface area contributed by atoms with Crippen LogP contribution >= 0.6 is 0 Å². The molecule has 1 amide bonds. The van der Waals surface area contributed by atoms with Gasteiger partial charge in [0, 0.05) is 12.1 Å². The molecular weight excluding hydrogens is 390 g/mol. The average molecular weight is 411 g/mol. The van der Waals surface area contributed by atoms with Crippen LogP contribution in [-0.2, 0) is 20.3 Å². The van der Waals surface area contributed by atoms with Crippen molar-refractivity contribution in [3.63, 3.8) is 0 Å². The fraction of sp³-hybridized carbons (Fsp3) is 0.227. The van der Waals surface area contributed by atoms with Crippen molar-refractivity contribution in [2.75, 3.05) is 19.7 Å². The number of rotatable bonds is 5. The van der Waals surface area contributed by atoms with Crippen LogP contribution in [0.25, 0.3) is 0 Å². The lowest BCUT2D eigenvalue weighted by Gasteiger charge is -2.32. The molecule has 3 aromatic rings. The van der Waals surface area contributed by atoms with Crippen LogP contribution in [0.4, 0.5) is 0 Å². The molecule has 7 heteroatoms. The Morgan fingerprint density at radius 3 is 2.41 bits per heavy atom. The van der Waals surface area contributed by atoms with Crippen LogP contribution in [0.2, 0.25) is 0 Å². The lowest BCUT2D eigenvalue weighted by atomic mass is 10.1. The summed E-state index contributed by atoms with van der Waals surface area (Å²) in [6.07, 6.45) is 1.14. The molecule has 0 aliphatic carbocycles. The molecule has 1 saturated heterocycles. The molecule has 0 radical (unpaired) electrons. The summed E-state index contributed by atoms with van der Waals surface area (Å²) in [5, 5.41) is 0. The Kier molecular flexibility index (Phi) is 5.51. The maximum Gasteiger partial charge on any atom is 0.290 e. The third kappa shape index (κ3) is 4.26. The van der Waals surface area contributed by atoms with Gasteiger partial charge in [0.2, 0.25) is 0 Å². The summed E-state index contributed by atoms with van der Waals surface area (Å²) in [5.41, 5.74) is 1.36. The molecule has 150 valence electrons. The van der Waals surface area contributed by atoms with Crippen molar-refractivity contribution < 1.29 is 22.4 Å². The van der Waals surface area contributed by atoms with E-state index in [2.05, 4.69) is 0 Å². The van der Waals surface area contributed by atoms with Crippen molar-refractivity contribution >= 4 is 15.7 Å². The van der Waals surface area contributed by atoms with Crippen LogP contribution in [0.1, 0.15) is 27.8 Å². The first-order valence-corrected chi connectivity index (χ1v) is 11.0. The summed E-state index contributed by atoms with van der Waals surface area (Å²) in [5.74, 6) is -0.545. The zero-order valence-corrected chi connectivity index (χ0v) is 16.5. The van der Waals surface area contributed by atoms with Crippen LogP contribution in [0.3, 0.4) is 0 Å². The summed E-state index contributed by atoms with van der Waals surface area (Å²) in [6, 6.07) is 19.4. The zero-order chi connectivity index (χ0) is 20.3. The quantitative estimate of drug-likeness (QED) is 0.643. The Bertz CT molecular complexity index is 1080. The Morgan fingerprint density at radius 1 is 1.00 bits per heavy atom. The number of morpholine rings is 1. The van der Waals surface area contributed by atoms with E-state index in [1.807, 2.05) is 30.3 Å². The molecule has 1 fully saturated rings. The second-order valence-corrected chi connectivity index (χ2v) is 8.86. The number of nitrogens with zero attached hydrogens (tertiary/aromatic N) is 1. The van der Waals surface area contributed by atoms with Gasteiger partial charge in [-0.1, -0.05) is 48.5 Å². The van der Waals surface area contributed by atoms with Crippen molar-refractivity contribution in [1.29, 1.82) is 0 Å². The minimum absolute atomic E-state index is 0.0678. The van der Waals surface area contributed by atoms with Gasteiger partial charge in [-0.15, -0.1) is 0 Å². The summed E-state index contributed by atoms with van der Waals surface area (Å²) >= 11 is 0. The molecular formula is C22H21NO5S. The first-order valence-electron chi connectivity index (χ1n) is 9.34. The van der Waals surface area contributed by atoms with E-state index in [4.69, 9.17) is 9.15 Å². The van der Waals surface area contributed by atoms with Gasteiger partial charge in [-0.05, 0) is 23.8 Å². The lowest BCUT2D eigenvalue weighted by Crippen LogP contribution is -2.42. The molecule has 1 aliphatic heterocycles. The van der Waals surface area contributed by atoms with Gasteiger partial charge in [-0.25, -0.2) is 8.42 Å². The molecule has 0 N–H and O–H groups in total. The Hall–Kier alpha value is -2.90. The molecule has 0 saturated carbocycles. The summed E-state index contributed by atoms with van der Waals surface area (Å²) in [6.45, 7) is 1.21. The predicted molar refractivity (Wildman–Crippen MR) is 107 cm³/mol. The monoisotopic (exact) mass is 411 g/mol. The van der Waals surface area contributed by atoms with Crippen LogP contribution in [-0.4, -0.2) is 38.9 Å². The van der Waals surface area contributed by atoms with Gasteiger partial charge in [0.25, 0.3) is 5.91 Å². The number of benzene rings is 2. The van der Waals surface area contributed by atoms with Crippen molar-refractivity contribution in [3.8, 4) is 0 Å². The normalized spacial score (nSPS) is 17.2. The van der Waals surface area contributed by atoms with Crippen molar-refractivity contribution in [2.45, 2.75) is 16.8 Å². The lowest BCUT2D eigenvalue weighted by molar-refractivity contribution is -0.0238. The third-order valence-corrected chi connectivity index (χ3v) is 6.60. The van der Waals surface area contributed by atoms with Crippen LogP contribution in [0, 0.1) is 0 Å². The Balaban J connectivity index is 1.52. The van der Waals surface area contributed by atoms with E-state index in [1.54, 1.807) is 41.3 Å². The SMILES string of the molecule is O=C(c1occc1CS(=O)(=O)c1ccccc1)N1CCOC(c2ccccc2)C1. The molecule has 29 heavy (non-hydrogen) atoms. The highest BCUT2D eigenvalue weighted by molar-refractivity contribution is 7.90. The Morgan fingerprint density at radius 2 is 1.69 bits per heavy atom. The number of hydrogen-bond donors (Lipinski definition) is 0. The van der Waals surface area contributed by atoms with Gasteiger partial charge in [-0.3, -0.25) is 4.79 Å². The number of sulfone groups is 1. The summed E-state index contributed by atoms with van der Waals surface area (Å²) < 4.78 is 36.6. The summed E-state index contributed by atoms with van der Waals surface area (Å²) in [7, 11) is -3.58. The number of hydrogen-bond acceptors (Lipinski definition) is 5. The molecule has 6 nitrogen and oxygen atoms in total. The fourth-order valence-corrected chi connectivity index (χ4v) is 4.77. The molecule has 0 spiro atoms. The maximum absolute atomic E-state index is 13.1. The van der Waals surface area contributed by atoms with E-state index >= 15 is 0 Å². The number of carbonyl (C=O) groups is 1. The van der Waals surface area contributed by atoms with Gasteiger partial charge in [0.15, 0.2) is 15.6 Å². The smallest absolute Gasteiger partial charge is 0.290 e. The molecule has 2 heterocycles. The first kappa shape index (κ1) is 19.4. The van der Waals surface area contributed by atoms with E-state index < -0.39 is 9.84 Å². The minimum atomic E-state index is -3.58. The van der Waals surface area contributed by atoms with E-state index in [1.165, 1.54) is 6.26 Å². The second kappa shape index (κ2) is 8.23. The highest BCUT2D eigenvalue weighted by Gasteiger charge is 2.30. The largest absolute Gasteiger partial charge is 0.459 e. The standard InChI is InChI=1S/C22H21NO5S/c24-22(23-12-14-27-20(15-23)17-7-3-1-4-8-17)21-18(11-13-28-21)16-29(25,26)19-9-5-2-6-10-19/h1-11,13,20H,12,14-16H2. The molecule has 0 bridgehead atoms. The first-order chi connectivity index (χ1) is 14.0. The van der Waals surface area contributed by atoms with Gasteiger partial charge in [0.05, 0.1) is 30.1 Å². The highest BCUT2D eigenvalue weighted by Crippen LogP contribution is 2.25. The average Bonchev–Trinajstić information content (AvgIpc) is 3.22. The fourth-order valence-electron chi connectivity index (χ4n) is 3.40. The van der Waals surface area contributed by atoms with E-state index in [0.29, 0.717) is 25.3 Å². The van der Waals surface area contributed by atoms with Crippen LogP contribution in [0.15, 0.2) is 82.3 Å². The Labute approximate surface area is 169 Å². The van der Waals surface area contributed by atoms with Crippen molar-refractivity contribution in [3.05, 3.63) is 89.9 Å². The van der Waals surface area contributed by atoms with Gasteiger partial charge >= 0.3 is 0 Å². The van der Waals surface area contributed by atoms with E-state index in [0.717, 1.165) is 5.56 Å². The predicted octanol–water partition coefficient (Wildman–Crippen LogP) is 3.47. The topological polar surface area (TPSA) is 76.8 Å². The van der Waals surface area contributed by atoms with E-state index in [-0.39, 0.29) is 28.4 Å². The third-order valence-electron chi connectivity index (χ3n) is 4.91. The van der Waals surface area contributed by atoms with Gasteiger partial charge < -0.3 is 14.1 Å². The van der Waals surface area contributed by atoms with Crippen LogP contribution in [0.5, 0.6) is 0 Å². The number of furan rings is 1. The molecule has 2 aromatic carbocycles. The van der Waals surface area contributed by atoms with Gasteiger partial charge in [-0.2, -0.15) is 0 Å². The molecule has 1 unspecified atom stereocenters. The van der Waals surface area contributed by atoms with E-state index in [9.17, 15) is 13.2 Å². The number of amides is 1. The van der Waals surface area contributed by atoms with Crippen molar-refractivity contribution in [2.24, 2.45) is 0 Å². The van der Waals surface area contributed by atoms with Gasteiger partial charge in [0.1, 0.15) is 6.10 Å². The molecule has 1 aromatic heterocycles. The van der Waals surface area contributed by atoms with Crippen LogP contribution < -0.4 is 0 Å². The zero-order valence-electron chi connectivity index (χ0n) is 15.7. The molecule has 1 atom stereocenters. The minimum Gasteiger partial charge on any atom is -0.459 e.